The van der Waals surface area contributed by atoms with E-state index in [0.29, 0.717) is 11.9 Å². The number of methoxy groups -OCH3 is 1. The van der Waals surface area contributed by atoms with Crippen LogP contribution in [0.2, 0.25) is 0 Å². The molecule has 1 aliphatic rings. The normalized spacial score (nSPS) is 15.6. The van der Waals surface area contributed by atoms with E-state index in [1.54, 1.807) is 11.6 Å². The average molecular weight is 364 g/mol. The predicted octanol–water partition coefficient (Wildman–Crippen LogP) is 2.81. The van der Waals surface area contributed by atoms with Crippen LogP contribution in [0.4, 0.5) is 0 Å². The van der Waals surface area contributed by atoms with Crippen LogP contribution in [-0.4, -0.2) is 49.5 Å². The quantitative estimate of drug-likeness (QED) is 0.556. The van der Waals surface area contributed by atoms with Gasteiger partial charge in [0.2, 0.25) is 5.88 Å². The van der Waals surface area contributed by atoms with Gasteiger partial charge in [0.05, 0.1) is 12.6 Å². The summed E-state index contributed by atoms with van der Waals surface area (Å²) in [7, 11) is 1.62. The van der Waals surface area contributed by atoms with Crippen molar-refractivity contribution in [2.24, 2.45) is 0 Å². The van der Waals surface area contributed by atoms with Crippen molar-refractivity contribution >= 4 is 16.7 Å². The summed E-state index contributed by atoms with van der Waals surface area (Å²) >= 11 is 0. The van der Waals surface area contributed by atoms with Crippen molar-refractivity contribution in [3.8, 4) is 17.0 Å². The third kappa shape index (κ3) is 2.56. The molecule has 0 N–H and O–H groups in total. The van der Waals surface area contributed by atoms with Crippen molar-refractivity contribution in [1.29, 1.82) is 0 Å². The van der Waals surface area contributed by atoms with Crippen molar-refractivity contribution in [3.05, 3.63) is 36.7 Å². The molecule has 138 valence electrons. The molecule has 5 rings (SSSR count). The first-order chi connectivity index (χ1) is 13.3. The van der Waals surface area contributed by atoms with Crippen molar-refractivity contribution in [1.82, 2.24) is 29.1 Å². The monoisotopic (exact) mass is 364 g/mol. The van der Waals surface area contributed by atoms with E-state index in [1.165, 1.54) is 6.33 Å². The lowest BCUT2D eigenvalue weighted by Gasteiger charge is -2.25. The summed E-state index contributed by atoms with van der Waals surface area (Å²) in [5.74, 6) is 1.53. The highest BCUT2D eigenvalue weighted by Gasteiger charge is 2.21. The Labute approximate surface area is 155 Å². The predicted molar refractivity (Wildman–Crippen MR) is 99.9 cm³/mol. The molecule has 1 saturated heterocycles. The Morgan fingerprint density at radius 2 is 2.07 bits per heavy atom. The van der Waals surface area contributed by atoms with Crippen molar-refractivity contribution in [3.63, 3.8) is 0 Å². The molecule has 0 spiro atoms. The third-order valence-electron chi connectivity index (χ3n) is 5.20. The molecule has 8 nitrogen and oxygen atoms in total. The van der Waals surface area contributed by atoms with Gasteiger partial charge in [-0.3, -0.25) is 0 Å². The van der Waals surface area contributed by atoms with E-state index in [-0.39, 0.29) is 0 Å². The highest BCUT2D eigenvalue weighted by atomic mass is 16.5. The minimum atomic E-state index is 0.393. The third-order valence-corrected chi connectivity index (χ3v) is 5.20. The molecule has 27 heavy (non-hydrogen) atoms. The van der Waals surface area contributed by atoms with Gasteiger partial charge in [-0.05, 0) is 31.9 Å². The maximum Gasteiger partial charge on any atom is 0.241 e. The van der Waals surface area contributed by atoms with Crippen molar-refractivity contribution < 1.29 is 9.47 Å². The SMILES string of the molecule is COc1ncnn2ccc(-c3cnc4nc(C)n(C5CCOCC5)c4c3)c12. The Morgan fingerprint density at radius 3 is 2.89 bits per heavy atom. The first kappa shape index (κ1) is 16.2. The molecule has 5 heterocycles. The van der Waals surface area contributed by atoms with Crippen LogP contribution in [0, 0.1) is 6.92 Å². The Balaban J connectivity index is 1.69. The van der Waals surface area contributed by atoms with E-state index < -0.39 is 0 Å². The Hall–Kier alpha value is -3.00. The van der Waals surface area contributed by atoms with Crippen LogP contribution in [0.15, 0.2) is 30.9 Å². The van der Waals surface area contributed by atoms with Crippen molar-refractivity contribution in [2.45, 2.75) is 25.8 Å². The topological polar surface area (TPSA) is 79.4 Å². The number of fused-ring (bicyclic) bond motifs is 2. The number of rotatable bonds is 3. The van der Waals surface area contributed by atoms with Gasteiger partial charge < -0.3 is 14.0 Å². The summed E-state index contributed by atoms with van der Waals surface area (Å²) in [6.45, 7) is 3.62. The zero-order chi connectivity index (χ0) is 18.4. The van der Waals surface area contributed by atoms with Gasteiger partial charge in [-0.15, -0.1) is 0 Å². The second-order valence-electron chi connectivity index (χ2n) is 6.73. The first-order valence-electron chi connectivity index (χ1n) is 9.05. The molecule has 0 aliphatic carbocycles. The number of aryl methyl sites for hydroxylation is 1. The fourth-order valence-corrected chi connectivity index (χ4v) is 3.95. The van der Waals surface area contributed by atoms with E-state index in [0.717, 1.165) is 59.7 Å². The van der Waals surface area contributed by atoms with Crippen LogP contribution in [0.1, 0.15) is 24.7 Å². The molecule has 8 heteroatoms. The molecule has 1 fully saturated rings. The zero-order valence-electron chi connectivity index (χ0n) is 15.3. The summed E-state index contributed by atoms with van der Waals surface area (Å²) in [5.41, 5.74) is 4.63. The number of imidazole rings is 1. The molecular weight excluding hydrogens is 344 g/mol. The number of aromatic nitrogens is 6. The zero-order valence-corrected chi connectivity index (χ0v) is 15.3. The largest absolute Gasteiger partial charge is 0.479 e. The summed E-state index contributed by atoms with van der Waals surface area (Å²) in [6.07, 6.45) is 7.23. The number of hydrogen-bond donors (Lipinski definition) is 0. The minimum Gasteiger partial charge on any atom is -0.479 e. The van der Waals surface area contributed by atoms with E-state index in [9.17, 15) is 0 Å². The van der Waals surface area contributed by atoms with Gasteiger partial charge in [0, 0.05) is 42.8 Å². The molecule has 4 aromatic heterocycles. The summed E-state index contributed by atoms with van der Waals surface area (Å²) < 4.78 is 15.0. The lowest BCUT2D eigenvalue weighted by molar-refractivity contribution is 0.0701. The van der Waals surface area contributed by atoms with E-state index >= 15 is 0 Å². The molecule has 0 radical (unpaired) electrons. The van der Waals surface area contributed by atoms with Gasteiger partial charge in [-0.25, -0.2) is 14.5 Å². The van der Waals surface area contributed by atoms with E-state index in [2.05, 4.69) is 30.7 Å². The van der Waals surface area contributed by atoms with Gasteiger partial charge in [-0.1, -0.05) is 0 Å². The smallest absolute Gasteiger partial charge is 0.241 e. The molecule has 0 saturated carbocycles. The van der Waals surface area contributed by atoms with Gasteiger partial charge in [0.25, 0.3) is 0 Å². The molecule has 0 amide bonds. The van der Waals surface area contributed by atoms with Gasteiger partial charge in [0.1, 0.15) is 17.7 Å². The Kier molecular flexibility index (Phi) is 3.78. The fraction of sp³-hybridized carbons (Fsp3) is 0.368. The Morgan fingerprint density at radius 1 is 1.22 bits per heavy atom. The molecule has 4 aromatic rings. The molecule has 0 unspecified atom stereocenters. The van der Waals surface area contributed by atoms with Crippen LogP contribution >= 0.6 is 0 Å². The summed E-state index contributed by atoms with van der Waals surface area (Å²) in [6, 6.07) is 4.56. The standard InChI is InChI=1S/C19H20N6O2/c1-12-23-18-16(25(12)14-4-7-27-8-5-14)9-13(10-20-18)15-3-6-24-17(15)19(26-2)21-11-22-24/h3,6,9-11,14H,4-5,7-8H2,1-2H3. The van der Waals surface area contributed by atoms with Crippen LogP contribution in [0.25, 0.3) is 27.8 Å². The summed E-state index contributed by atoms with van der Waals surface area (Å²) in [4.78, 5) is 13.5. The minimum absolute atomic E-state index is 0.393. The fourth-order valence-electron chi connectivity index (χ4n) is 3.95. The number of nitrogens with zero attached hydrogens (tertiary/aromatic N) is 6. The van der Waals surface area contributed by atoms with Crippen LogP contribution in [0.5, 0.6) is 5.88 Å². The second kappa shape index (κ2) is 6.31. The lowest BCUT2D eigenvalue weighted by atomic mass is 10.1. The molecular formula is C19H20N6O2. The lowest BCUT2D eigenvalue weighted by Crippen LogP contribution is -2.20. The average Bonchev–Trinajstić information content (AvgIpc) is 3.28. The molecule has 0 atom stereocenters. The van der Waals surface area contributed by atoms with Crippen molar-refractivity contribution in [2.75, 3.05) is 20.3 Å². The highest BCUT2D eigenvalue weighted by molar-refractivity contribution is 5.87. The maximum atomic E-state index is 5.53. The van der Waals surface area contributed by atoms with Crippen LogP contribution < -0.4 is 4.74 Å². The maximum absolute atomic E-state index is 5.53. The molecule has 0 bridgehead atoms. The van der Waals surface area contributed by atoms with Crippen LogP contribution in [0.3, 0.4) is 0 Å². The number of pyridine rings is 1. The van der Waals surface area contributed by atoms with E-state index in [4.69, 9.17) is 9.47 Å². The first-order valence-corrected chi connectivity index (χ1v) is 9.05. The second-order valence-corrected chi connectivity index (χ2v) is 6.73. The molecule has 0 aromatic carbocycles. The number of ether oxygens (including phenoxy) is 2. The molecule has 1 aliphatic heterocycles. The van der Waals surface area contributed by atoms with E-state index in [1.807, 2.05) is 25.4 Å². The van der Waals surface area contributed by atoms with Gasteiger partial charge in [-0.2, -0.15) is 10.1 Å². The highest BCUT2D eigenvalue weighted by Crippen LogP contribution is 2.33. The summed E-state index contributed by atoms with van der Waals surface area (Å²) in [5, 5.41) is 4.27. The van der Waals surface area contributed by atoms with Crippen LogP contribution in [-0.2, 0) is 4.74 Å². The Bertz CT molecular complexity index is 1130. The van der Waals surface area contributed by atoms with Gasteiger partial charge in [0.15, 0.2) is 5.65 Å². The van der Waals surface area contributed by atoms with Gasteiger partial charge >= 0.3 is 0 Å². The number of hydrogen-bond acceptors (Lipinski definition) is 6.